The fourth-order valence-corrected chi connectivity index (χ4v) is 1.91. The summed E-state index contributed by atoms with van der Waals surface area (Å²) in [5.74, 6) is -0.531. The van der Waals surface area contributed by atoms with Crippen molar-refractivity contribution in [3.63, 3.8) is 0 Å². The Balaban J connectivity index is 2.21. The maximum atomic E-state index is 13.8. The third-order valence-corrected chi connectivity index (χ3v) is 2.95. The molecule has 0 saturated carbocycles. The quantitative estimate of drug-likeness (QED) is 0.928. The summed E-state index contributed by atoms with van der Waals surface area (Å²) < 4.78 is 32.6. The number of hydrogen-bond acceptors (Lipinski definition) is 3. The van der Waals surface area contributed by atoms with Crippen molar-refractivity contribution in [2.45, 2.75) is 20.4 Å². The normalized spacial score (nSPS) is 10.4. The van der Waals surface area contributed by atoms with Gasteiger partial charge in [-0.05, 0) is 25.5 Å². The summed E-state index contributed by atoms with van der Waals surface area (Å²) in [6.07, 6.45) is 0. The van der Waals surface area contributed by atoms with Crippen LogP contribution in [0.25, 0.3) is 0 Å². The average Bonchev–Trinajstić information content (AvgIpc) is 2.42. The van der Waals surface area contributed by atoms with Gasteiger partial charge in [0.15, 0.2) is 5.82 Å². The van der Waals surface area contributed by atoms with Gasteiger partial charge in [-0.25, -0.2) is 8.78 Å². The monoisotopic (exact) mass is 278 g/mol. The number of aromatic nitrogens is 1. The van der Waals surface area contributed by atoms with E-state index in [-0.39, 0.29) is 12.2 Å². The summed E-state index contributed by atoms with van der Waals surface area (Å²) in [6, 6.07) is 6.16. The minimum absolute atomic E-state index is 0.132. The first-order valence-corrected chi connectivity index (χ1v) is 6.21. The standard InChI is InChI=1S/C15H16F2N2O/c1-9-4-5-13(16)15(14(9)17)18-8-11-7-12(20-3)6-10(2)19-11/h4-7,18H,8H2,1-3H3. The molecule has 0 bridgehead atoms. The molecule has 2 aromatic rings. The first-order chi connectivity index (χ1) is 9.51. The molecule has 0 saturated heterocycles. The molecule has 0 fully saturated rings. The van der Waals surface area contributed by atoms with Gasteiger partial charge >= 0.3 is 0 Å². The molecule has 0 spiro atoms. The maximum Gasteiger partial charge on any atom is 0.152 e. The van der Waals surface area contributed by atoms with Crippen LogP contribution in [0.2, 0.25) is 0 Å². The number of halogens is 2. The number of methoxy groups -OCH3 is 1. The van der Waals surface area contributed by atoms with Gasteiger partial charge < -0.3 is 10.1 Å². The van der Waals surface area contributed by atoms with Crippen molar-refractivity contribution >= 4 is 5.69 Å². The number of aryl methyl sites for hydroxylation is 2. The third-order valence-electron chi connectivity index (χ3n) is 2.95. The van der Waals surface area contributed by atoms with Crippen LogP contribution in [0.4, 0.5) is 14.5 Å². The van der Waals surface area contributed by atoms with Crippen molar-refractivity contribution in [3.8, 4) is 5.75 Å². The Morgan fingerprint density at radius 3 is 2.65 bits per heavy atom. The van der Waals surface area contributed by atoms with Gasteiger partial charge in [0.2, 0.25) is 0 Å². The van der Waals surface area contributed by atoms with Crippen LogP contribution in [0.1, 0.15) is 17.0 Å². The van der Waals surface area contributed by atoms with Crippen LogP contribution in [0.3, 0.4) is 0 Å². The molecular formula is C15H16F2N2O. The lowest BCUT2D eigenvalue weighted by Gasteiger charge is -2.11. The van der Waals surface area contributed by atoms with E-state index in [1.807, 2.05) is 6.92 Å². The van der Waals surface area contributed by atoms with Gasteiger partial charge in [-0.1, -0.05) is 6.07 Å². The zero-order chi connectivity index (χ0) is 14.7. The van der Waals surface area contributed by atoms with Gasteiger partial charge in [0.05, 0.1) is 19.3 Å². The maximum absolute atomic E-state index is 13.8. The molecule has 0 atom stereocenters. The Kier molecular flexibility index (Phi) is 4.17. The minimum atomic E-state index is -0.618. The van der Waals surface area contributed by atoms with Crippen molar-refractivity contribution in [2.24, 2.45) is 0 Å². The molecule has 1 N–H and O–H groups in total. The van der Waals surface area contributed by atoms with Crippen molar-refractivity contribution < 1.29 is 13.5 Å². The van der Waals surface area contributed by atoms with Crippen molar-refractivity contribution in [1.29, 1.82) is 0 Å². The van der Waals surface area contributed by atoms with E-state index in [1.165, 1.54) is 12.1 Å². The molecule has 0 unspecified atom stereocenters. The Morgan fingerprint density at radius 2 is 1.95 bits per heavy atom. The topological polar surface area (TPSA) is 34.1 Å². The van der Waals surface area contributed by atoms with Crippen molar-refractivity contribution in [2.75, 3.05) is 12.4 Å². The summed E-state index contributed by atoms with van der Waals surface area (Å²) in [6.45, 7) is 3.64. The summed E-state index contributed by atoms with van der Waals surface area (Å²) in [5.41, 5.74) is 1.70. The van der Waals surface area contributed by atoms with E-state index in [0.29, 0.717) is 17.0 Å². The van der Waals surface area contributed by atoms with Gasteiger partial charge in [-0.2, -0.15) is 0 Å². The van der Waals surface area contributed by atoms with Crippen LogP contribution in [-0.2, 0) is 6.54 Å². The molecular weight excluding hydrogens is 262 g/mol. The predicted octanol–water partition coefficient (Wildman–Crippen LogP) is 3.60. The molecule has 106 valence electrons. The fourth-order valence-electron chi connectivity index (χ4n) is 1.91. The second-order valence-electron chi connectivity index (χ2n) is 4.55. The van der Waals surface area contributed by atoms with E-state index in [2.05, 4.69) is 10.3 Å². The highest BCUT2D eigenvalue weighted by atomic mass is 19.1. The number of nitrogens with one attached hydrogen (secondary N) is 1. The Labute approximate surface area is 116 Å². The summed E-state index contributed by atoms with van der Waals surface area (Å²) in [5, 5.41) is 2.75. The van der Waals surface area contributed by atoms with Crippen LogP contribution in [0.15, 0.2) is 24.3 Å². The molecule has 1 aromatic heterocycles. The third kappa shape index (κ3) is 3.04. The van der Waals surface area contributed by atoms with Crippen molar-refractivity contribution in [3.05, 3.63) is 52.9 Å². The second-order valence-corrected chi connectivity index (χ2v) is 4.55. The number of ether oxygens (including phenoxy) is 1. The largest absolute Gasteiger partial charge is 0.497 e. The lowest BCUT2D eigenvalue weighted by Crippen LogP contribution is -2.07. The molecule has 1 aromatic carbocycles. The van der Waals surface area contributed by atoms with Crippen LogP contribution in [0, 0.1) is 25.5 Å². The lowest BCUT2D eigenvalue weighted by atomic mass is 10.2. The molecule has 0 radical (unpaired) electrons. The molecule has 3 nitrogen and oxygen atoms in total. The van der Waals surface area contributed by atoms with Crippen molar-refractivity contribution in [1.82, 2.24) is 4.98 Å². The van der Waals surface area contributed by atoms with Crippen LogP contribution < -0.4 is 10.1 Å². The van der Waals surface area contributed by atoms with E-state index in [0.717, 1.165) is 5.69 Å². The molecule has 20 heavy (non-hydrogen) atoms. The van der Waals surface area contributed by atoms with E-state index >= 15 is 0 Å². The first kappa shape index (κ1) is 14.2. The van der Waals surface area contributed by atoms with Crippen LogP contribution >= 0.6 is 0 Å². The highest BCUT2D eigenvalue weighted by Gasteiger charge is 2.11. The molecule has 0 amide bonds. The average molecular weight is 278 g/mol. The Hall–Kier alpha value is -2.17. The predicted molar refractivity (Wildman–Crippen MR) is 73.9 cm³/mol. The molecule has 0 aliphatic heterocycles. The highest BCUT2D eigenvalue weighted by Crippen LogP contribution is 2.22. The fraction of sp³-hybridized carbons (Fsp3) is 0.267. The summed E-state index contributed by atoms with van der Waals surface area (Å²) in [7, 11) is 1.56. The second kappa shape index (κ2) is 5.86. The van der Waals surface area contributed by atoms with Gasteiger partial charge in [-0.3, -0.25) is 4.98 Å². The van der Waals surface area contributed by atoms with Crippen LogP contribution in [0.5, 0.6) is 5.75 Å². The zero-order valence-corrected chi connectivity index (χ0v) is 11.6. The lowest BCUT2D eigenvalue weighted by molar-refractivity contribution is 0.413. The van der Waals surface area contributed by atoms with E-state index in [9.17, 15) is 8.78 Å². The number of nitrogens with zero attached hydrogens (tertiary/aromatic N) is 1. The SMILES string of the molecule is COc1cc(C)nc(CNc2c(F)ccc(C)c2F)c1. The first-order valence-electron chi connectivity index (χ1n) is 6.21. The number of anilines is 1. The molecule has 0 aliphatic rings. The summed E-state index contributed by atoms with van der Waals surface area (Å²) >= 11 is 0. The van der Waals surface area contributed by atoms with Gasteiger partial charge in [0, 0.05) is 17.8 Å². The number of benzene rings is 1. The molecule has 1 heterocycles. The van der Waals surface area contributed by atoms with Gasteiger partial charge in [0.25, 0.3) is 0 Å². The number of hydrogen-bond donors (Lipinski definition) is 1. The molecule has 0 aliphatic carbocycles. The number of pyridine rings is 1. The van der Waals surface area contributed by atoms with E-state index in [1.54, 1.807) is 26.2 Å². The number of rotatable bonds is 4. The van der Waals surface area contributed by atoms with E-state index < -0.39 is 11.6 Å². The van der Waals surface area contributed by atoms with Gasteiger partial charge in [0.1, 0.15) is 17.3 Å². The zero-order valence-electron chi connectivity index (χ0n) is 11.6. The molecule has 2 rings (SSSR count). The smallest absolute Gasteiger partial charge is 0.152 e. The highest BCUT2D eigenvalue weighted by molar-refractivity contribution is 5.49. The summed E-state index contributed by atoms with van der Waals surface area (Å²) in [4.78, 5) is 4.29. The van der Waals surface area contributed by atoms with Crippen LogP contribution in [-0.4, -0.2) is 12.1 Å². The Bertz CT molecular complexity index is 630. The van der Waals surface area contributed by atoms with E-state index in [4.69, 9.17) is 4.74 Å². The van der Waals surface area contributed by atoms with Gasteiger partial charge in [-0.15, -0.1) is 0 Å². The minimum Gasteiger partial charge on any atom is -0.497 e. The molecule has 5 heteroatoms. The Morgan fingerprint density at radius 1 is 1.20 bits per heavy atom.